The Bertz CT molecular complexity index is 1210. The maximum absolute atomic E-state index is 12.5. The zero-order valence-corrected chi connectivity index (χ0v) is 20.7. The molecule has 0 aliphatic carbocycles. The number of nitrogens with zero attached hydrogens (tertiary/aromatic N) is 3. The molecular weight excluding hydrogens is 511 g/mol. The Balaban J connectivity index is 1.77. The van der Waals surface area contributed by atoms with Gasteiger partial charge >= 0.3 is 0 Å². The van der Waals surface area contributed by atoms with Crippen LogP contribution in [-0.2, 0) is 16.6 Å². The van der Waals surface area contributed by atoms with Crippen LogP contribution in [-0.4, -0.2) is 36.5 Å². The molecule has 0 saturated carbocycles. The van der Waals surface area contributed by atoms with Gasteiger partial charge < -0.3 is 0 Å². The van der Waals surface area contributed by atoms with Crippen molar-refractivity contribution in [1.82, 2.24) is 10.2 Å². The minimum atomic E-state index is -3.65. The van der Waals surface area contributed by atoms with E-state index in [1.54, 1.807) is 36.4 Å². The molecule has 1 amide bonds. The summed E-state index contributed by atoms with van der Waals surface area (Å²) >= 11 is 15.1. The molecule has 168 valence electrons. The highest BCUT2D eigenvalue weighted by atomic mass is 35.5. The van der Waals surface area contributed by atoms with Crippen LogP contribution in [0, 0.1) is 0 Å². The van der Waals surface area contributed by atoms with Crippen molar-refractivity contribution < 1.29 is 13.2 Å². The second-order valence-corrected chi connectivity index (χ2v) is 11.4. The van der Waals surface area contributed by atoms with Crippen molar-refractivity contribution in [3.8, 4) is 0 Å². The fraction of sp³-hybridized carbons (Fsp3) is 0.150. The third kappa shape index (κ3) is 6.23. The first kappa shape index (κ1) is 24.5. The number of carbonyl (C=O) groups is 1. The van der Waals surface area contributed by atoms with E-state index in [0.717, 1.165) is 10.6 Å². The first-order valence-electron chi connectivity index (χ1n) is 9.08. The van der Waals surface area contributed by atoms with E-state index < -0.39 is 10.0 Å². The van der Waals surface area contributed by atoms with Gasteiger partial charge in [-0.3, -0.25) is 14.4 Å². The molecule has 1 N–H and O–H groups in total. The van der Waals surface area contributed by atoms with Gasteiger partial charge in [0.15, 0.2) is 4.34 Å². The molecule has 1 heterocycles. The van der Waals surface area contributed by atoms with E-state index in [-0.39, 0.29) is 12.5 Å². The SMILES string of the molecule is C=CCSc1nnc(NC(=O)c2ccc(N(Cc3c(Cl)cccc3Cl)S(C)(=O)=O)cc2)s1. The van der Waals surface area contributed by atoms with Crippen LogP contribution < -0.4 is 9.62 Å². The van der Waals surface area contributed by atoms with Crippen LogP contribution in [0.5, 0.6) is 0 Å². The molecule has 0 atom stereocenters. The van der Waals surface area contributed by atoms with Crippen LogP contribution in [0.1, 0.15) is 15.9 Å². The zero-order valence-electron chi connectivity index (χ0n) is 16.8. The molecule has 0 spiro atoms. The highest BCUT2D eigenvalue weighted by Gasteiger charge is 2.21. The lowest BCUT2D eigenvalue weighted by molar-refractivity contribution is 0.102. The number of sulfonamides is 1. The van der Waals surface area contributed by atoms with Crippen LogP contribution >= 0.6 is 46.3 Å². The predicted octanol–water partition coefficient (Wildman–Crippen LogP) is 5.34. The molecular formula is C20H18Cl2N4O3S3. The summed E-state index contributed by atoms with van der Waals surface area (Å²) in [4.78, 5) is 12.5. The Kier molecular flexibility index (Phi) is 8.18. The van der Waals surface area contributed by atoms with Gasteiger partial charge in [0.1, 0.15) is 0 Å². The van der Waals surface area contributed by atoms with Gasteiger partial charge in [0.05, 0.1) is 18.5 Å². The van der Waals surface area contributed by atoms with Gasteiger partial charge in [-0.2, -0.15) is 0 Å². The first-order valence-corrected chi connectivity index (χ1v) is 13.5. The summed E-state index contributed by atoms with van der Waals surface area (Å²) in [6.07, 6.45) is 2.85. The summed E-state index contributed by atoms with van der Waals surface area (Å²) in [6, 6.07) is 11.1. The molecule has 1 aromatic heterocycles. The summed E-state index contributed by atoms with van der Waals surface area (Å²) in [6.45, 7) is 3.61. The van der Waals surface area contributed by atoms with Crippen LogP contribution in [0.25, 0.3) is 0 Å². The number of halogens is 2. The quantitative estimate of drug-likeness (QED) is 0.229. The van der Waals surface area contributed by atoms with E-state index in [1.165, 1.54) is 39.5 Å². The Labute approximate surface area is 204 Å². The number of anilines is 2. The molecule has 3 aromatic rings. The van der Waals surface area contributed by atoms with E-state index in [1.807, 2.05) is 0 Å². The number of nitrogens with one attached hydrogen (secondary N) is 1. The number of carbonyl (C=O) groups excluding carboxylic acids is 1. The standard InChI is InChI=1S/C20H18Cl2N4O3S3/c1-3-11-30-20-25-24-19(31-20)23-18(27)13-7-9-14(10-8-13)26(32(2,28)29)12-15-16(21)5-4-6-17(15)22/h3-10H,1,11-12H2,2H3,(H,23,24,27). The van der Waals surface area contributed by atoms with Crippen molar-refractivity contribution >= 4 is 73.0 Å². The first-order chi connectivity index (χ1) is 15.2. The van der Waals surface area contributed by atoms with Crippen LogP contribution in [0.2, 0.25) is 10.0 Å². The molecule has 12 heteroatoms. The van der Waals surface area contributed by atoms with Crippen molar-refractivity contribution in [1.29, 1.82) is 0 Å². The Morgan fingerprint density at radius 2 is 1.84 bits per heavy atom. The van der Waals surface area contributed by atoms with Crippen molar-refractivity contribution in [2.75, 3.05) is 21.6 Å². The topological polar surface area (TPSA) is 92.3 Å². The largest absolute Gasteiger partial charge is 0.296 e. The molecule has 0 unspecified atom stereocenters. The third-order valence-corrected chi connectivity index (χ3v) is 7.95. The van der Waals surface area contributed by atoms with Crippen LogP contribution in [0.3, 0.4) is 0 Å². The summed E-state index contributed by atoms with van der Waals surface area (Å²) in [5, 5.41) is 11.7. The lowest BCUT2D eigenvalue weighted by Gasteiger charge is -2.23. The fourth-order valence-corrected chi connectivity index (χ4v) is 5.52. The van der Waals surface area contributed by atoms with Crippen molar-refractivity contribution in [2.24, 2.45) is 0 Å². The van der Waals surface area contributed by atoms with E-state index in [4.69, 9.17) is 23.2 Å². The minimum Gasteiger partial charge on any atom is -0.296 e. The van der Waals surface area contributed by atoms with Gasteiger partial charge in [0.25, 0.3) is 5.91 Å². The smallest absolute Gasteiger partial charge is 0.257 e. The fourth-order valence-electron chi connectivity index (χ4n) is 2.62. The normalized spacial score (nSPS) is 11.2. The Hall–Kier alpha value is -2.11. The predicted molar refractivity (Wildman–Crippen MR) is 133 cm³/mol. The van der Waals surface area contributed by atoms with E-state index >= 15 is 0 Å². The van der Waals surface area contributed by atoms with Gasteiger partial charge in [-0.05, 0) is 36.4 Å². The molecule has 0 bridgehead atoms. The summed E-state index contributed by atoms with van der Waals surface area (Å²) in [5.74, 6) is 0.313. The Morgan fingerprint density at radius 3 is 2.44 bits per heavy atom. The number of aromatic nitrogens is 2. The lowest BCUT2D eigenvalue weighted by Crippen LogP contribution is -2.29. The lowest BCUT2D eigenvalue weighted by atomic mass is 10.1. The number of rotatable bonds is 9. The second kappa shape index (κ2) is 10.7. The molecule has 0 aliphatic rings. The zero-order chi connectivity index (χ0) is 23.3. The second-order valence-electron chi connectivity index (χ2n) is 6.44. The Morgan fingerprint density at radius 1 is 1.19 bits per heavy atom. The number of thioether (sulfide) groups is 1. The maximum atomic E-state index is 12.5. The molecule has 0 fully saturated rings. The summed E-state index contributed by atoms with van der Waals surface area (Å²) in [7, 11) is -3.65. The minimum absolute atomic E-state index is 0.0428. The molecule has 0 aliphatic heterocycles. The maximum Gasteiger partial charge on any atom is 0.257 e. The molecule has 7 nitrogen and oxygen atoms in total. The average molecular weight is 529 g/mol. The summed E-state index contributed by atoms with van der Waals surface area (Å²) in [5.41, 5.74) is 1.21. The van der Waals surface area contributed by atoms with E-state index in [2.05, 4.69) is 22.1 Å². The average Bonchev–Trinajstić information content (AvgIpc) is 3.18. The highest BCUT2D eigenvalue weighted by Crippen LogP contribution is 2.30. The van der Waals surface area contributed by atoms with Crippen molar-refractivity contribution in [3.63, 3.8) is 0 Å². The number of benzene rings is 2. The number of hydrogen-bond acceptors (Lipinski definition) is 7. The monoisotopic (exact) mass is 528 g/mol. The van der Waals surface area contributed by atoms with Crippen molar-refractivity contribution in [3.05, 3.63) is 76.3 Å². The van der Waals surface area contributed by atoms with Gasteiger partial charge in [-0.15, -0.1) is 16.8 Å². The molecule has 2 aromatic carbocycles. The van der Waals surface area contributed by atoms with Gasteiger partial charge in [0, 0.05) is 26.9 Å². The van der Waals surface area contributed by atoms with Crippen LogP contribution in [0.4, 0.5) is 10.8 Å². The van der Waals surface area contributed by atoms with E-state index in [0.29, 0.717) is 37.7 Å². The summed E-state index contributed by atoms with van der Waals surface area (Å²) < 4.78 is 26.8. The molecule has 0 radical (unpaired) electrons. The van der Waals surface area contributed by atoms with Crippen LogP contribution in [0.15, 0.2) is 59.5 Å². The van der Waals surface area contributed by atoms with Gasteiger partial charge in [0.2, 0.25) is 15.2 Å². The van der Waals surface area contributed by atoms with Gasteiger partial charge in [-0.25, -0.2) is 8.42 Å². The van der Waals surface area contributed by atoms with Gasteiger partial charge in [-0.1, -0.05) is 58.4 Å². The molecule has 0 saturated heterocycles. The number of hydrogen-bond donors (Lipinski definition) is 1. The highest BCUT2D eigenvalue weighted by molar-refractivity contribution is 8.01. The van der Waals surface area contributed by atoms with Crippen molar-refractivity contribution in [2.45, 2.75) is 10.9 Å². The number of amides is 1. The van der Waals surface area contributed by atoms with E-state index in [9.17, 15) is 13.2 Å². The molecule has 3 rings (SSSR count). The third-order valence-electron chi connectivity index (χ3n) is 4.13. The molecule has 32 heavy (non-hydrogen) atoms.